The molecule has 80 valence electrons. The van der Waals surface area contributed by atoms with E-state index in [-0.39, 0.29) is 5.78 Å². The van der Waals surface area contributed by atoms with E-state index >= 15 is 0 Å². The first-order chi connectivity index (χ1) is 7.74. The van der Waals surface area contributed by atoms with Gasteiger partial charge in [-0.25, -0.2) is 0 Å². The standard InChI is InChI=1S/C13H11NO2/c1-2-9-13-11(15)7-6-8-4-3-5-10(12(8)13)14(9)16/h3-7,16H,2H2,1H3. The smallest absolute Gasteiger partial charge is 0.188 e. The van der Waals surface area contributed by atoms with Gasteiger partial charge in [-0.15, -0.1) is 0 Å². The van der Waals surface area contributed by atoms with Crippen LogP contribution >= 0.6 is 0 Å². The normalized spacial score (nSPS) is 13.7. The number of aromatic nitrogens is 1. The van der Waals surface area contributed by atoms with Crippen molar-refractivity contribution in [3.05, 3.63) is 41.1 Å². The van der Waals surface area contributed by atoms with E-state index in [4.69, 9.17) is 0 Å². The summed E-state index contributed by atoms with van der Waals surface area (Å²) in [5.74, 6) is -0.0200. The van der Waals surface area contributed by atoms with Crippen LogP contribution in [-0.2, 0) is 6.42 Å². The molecule has 1 aliphatic rings. The van der Waals surface area contributed by atoms with E-state index in [2.05, 4.69) is 0 Å². The van der Waals surface area contributed by atoms with Crippen molar-refractivity contribution in [1.82, 2.24) is 4.73 Å². The average molecular weight is 213 g/mol. The minimum absolute atomic E-state index is 0.0200. The van der Waals surface area contributed by atoms with Gasteiger partial charge >= 0.3 is 0 Å². The van der Waals surface area contributed by atoms with E-state index in [1.807, 2.05) is 25.1 Å². The Labute approximate surface area is 92.6 Å². The number of ketones is 1. The van der Waals surface area contributed by atoms with Gasteiger partial charge in [-0.3, -0.25) is 4.79 Å². The number of carbonyl (C=O) groups excluding carboxylic acids is 1. The van der Waals surface area contributed by atoms with Crippen molar-refractivity contribution in [1.29, 1.82) is 0 Å². The Kier molecular flexibility index (Phi) is 1.72. The highest BCUT2D eigenvalue weighted by molar-refractivity contribution is 6.20. The molecule has 3 rings (SSSR count). The summed E-state index contributed by atoms with van der Waals surface area (Å²) in [4.78, 5) is 11.9. The zero-order valence-electron chi connectivity index (χ0n) is 8.90. The third-order valence-electron chi connectivity index (χ3n) is 3.09. The number of benzene rings is 1. The van der Waals surface area contributed by atoms with Gasteiger partial charge in [0, 0.05) is 5.39 Å². The number of rotatable bonds is 1. The third kappa shape index (κ3) is 0.949. The average Bonchev–Trinajstić information content (AvgIpc) is 2.60. The number of allylic oxidation sites excluding steroid dienone is 1. The third-order valence-corrected chi connectivity index (χ3v) is 3.09. The van der Waals surface area contributed by atoms with Crippen molar-refractivity contribution in [2.45, 2.75) is 13.3 Å². The summed E-state index contributed by atoms with van der Waals surface area (Å²) in [6.07, 6.45) is 4.01. The summed E-state index contributed by atoms with van der Waals surface area (Å²) in [6.45, 7) is 1.93. The number of hydrogen-bond donors (Lipinski definition) is 1. The van der Waals surface area contributed by atoms with Gasteiger partial charge in [0.1, 0.15) is 0 Å². The first kappa shape index (κ1) is 9.21. The molecule has 0 atom stereocenters. The molecule has 3 heteroatoms. The Balaban J connectivity index is 2.57. The lowest BCUT2D eigenvalue weighted by Crippen LogP contribution is -2.04. The molecule has 1 aromatic carbocycles. The molecular formula is C13H11NO2. The Bertz CT molecular complexity index is 635. The van der Waals surface area contributed by atoms with Gasteiger partial charge in [-0.05, 0) is 24.1 Å². The van der Waals surface area contributed by atoms with Gasteiger partial charge in [0.25, 0.3) is 0 Å². The second kappa shape index (κ2) is 2.98. The van der Waals surface area contributed by atoms with E-state index in [0.717, 1.165) is 15.7 Å². The van der Waals surface area contributed by atoms with Gasteiger partial charge < -0.3 is 5.21 Å². The van der Waals surface area contributed by atoms with Crippen molar-refractivity contribution in [3.8, 4) is 0 Å². The molecule has 0 aliphatic heterocycles. The fourth-order valence-corrected chi connectivity index (χ4v) is 2.38. The molecule has 0 saturated heterocycles. The van der Waals surface area contributed by atoms with E-state index in [1.54, 1.807) is 12.2 Å². The second-order valence-electron chi connectivity index (χ2n) is 3.93. The summed E-state index contributed by atoms with van der Waals surface area (Å²) in [5, 5.41) is 10.9. The minimum atomic E-state index is -0.0200. The number of nitrogens with zero attached hydrogens (tertiary/aromatic N) is 1. The fraction of sp³-hybridized carbons (Fsp3) is 0.154. The van der Waals surface area contributed by atoms with Crippen molar-refractivity contribution in [3.63, 3.8) is 0 Å². The molecule has 0 amide bonds. The molecule has 0 spiro atoms. The maximum atomic E-state index is 11.9. The highest BCUT2D eigenvalue weighted by atomic mass is 16.5. The van der Waals surface area contributed by atoms with E-state index in [1.165, 1.54) is 0 Å². The Hall–Kier alpha value is -2.03. The maximum absolute atomic E-state index is 11.9. The topological polar surface area (TPSA) is 42.2 Å². The van der Waals surface area contributed by atoms with Crippen LogP contribution in [0.1, 0.15) is 28.5 Å². The monoisotopic (exact) mass is 213 g/mol. The van der Waals surface area contributed by atoms with Crippen LogP contribution in [0.5, 0.6) is 0 Å². The SMILES string of the molecule is CCc1c2c3c(cccc3n1O)C=CC2=O. The van der Waals surface area contributed by atoms with Gasteiger partial charge in [-0.2, -0.15) is 4.73 Å². The molecule has 0 fully saturated rings. The van der Waals surface area contributed by atoms with E-state index in [9.17, 15) is 10.0 Å². The van der Waals surface area contributed by atoms with Gasteiger partial charge in [0.2, 0.25) is 0 Å². The quantitative estimate of drug-likeness (QED) is 0.740. The molecular weight excluding hydrogens is 202 g/mol. The van der Waals surface area contributed by atoms with Crippen LogP contribution in [0, 0.1) is 0 Å². The van der Waals surface area contributed by atoms with Gasteiger partial charge in [0.05, 0.1) is 16.8 Å². The molecule has 1 aromatic heterocycles. The summed E-state index contributed by atoms with van der Waals surface area (Å²) < 4.78 is 1.14. The minimum Gasteiger partial charge on any atom is -0.428 e. The maximum Gasteiger partial charge on any atom is 0.188 e. The molecule has 0 unspecified atom stereocenters. The number of carbonyl (C=O) groups is 1. The predicted octanol–water partition coefficient (Wildman–Crippen LogP) is 2.65. The molecule has 1 heterocycles. The molecule has 3 nitrogen and oxygen atoms in total. The molecule has 0 saturated carbocycles. The lowest BCUT2D eigenvalue weighted by atomic mass is 9.96. The van der Waals surface area contributed by atoms with Crippen LogP contribution in [0.2, 0.25) is 0 Å². The van der Waals surface area contributed by atoms with Crippen LogP contribution in [0.25, 0.3) is 17.0 Å². The van der Waals surface area contributed by atoms with E-state index < -0.39 is 0 Å². The predicted molar refractivity (Wildman–Crippen MR) is 61.9 cm³/mol. The van der Waals surface area contributed by atoms with Crippen molar-refractivity contribution in [2.24, 2.45) is 0 Å². The van der Waals surface area contributed by atoms with Crippen LogP contribution in [-0.4, -0.2) is 15.7 Å². The lowest BCUT2D eigenvalue weighted by molar-refractivity contribution is 0.104. The summed E-state index contributed by atoms with van der Waals surface area (Å²) in [7, 11) is 0. The Morgan fingerprint density at radius 1 is 1.31 bits per heavy atom. The van der Waals surface area contributed by atoms with Crippen molar-refractivity contribution < 1.29 is 10.0 Å². The zero-order chi connectivity index (χ0) is 11.3. The Morgan fingerprint density at radius 3 is 2.88 bits per heavy atom. The molecule has 0 bridgehead atoms. The van der Waals surface area contributed by atoms with Crippen LogP contribution in [0.15, 0.2) is 24.3 Å². The van der Waals surface area contributed by atoms with Gasteiger partial charge in [-0.1, -0.05) is 25.1 Å². The highest BCUT2D eigenvalue weighted by Crippen LogP contribution is 2.32. The number of hydrogen-bond acceptors (Lipinski definition) is 2. The summed E-state index contributed by atoms with van der Waals surface area (Å²) in [5.41, 5.74) is 3.05. The van der Waals surface area contributed by atoms with Gasteiger partial charge in [0.15, 0.2) is 5.78 Å². The molecule has 1 N–H and O–H groups in total. The first-order valence-corrected chi connectivity index (χ1v) is 5.32. The molecule has 0 radical (unpaired) electrons. The molecule has 1 aliphatic carbocycles. The van der Waals surface area contributed by atoms with E-state index in [0.29, 0.717) is 23.2 Å². The van der Waals surface area contributed by atoms with Crippen LogP contribution in [0.3, 0.4) is 0 Å². The largest absolute Gasteiger partial charge is 0.428 e. The summed E-state index contributed by atoms with van der Waals surface area (Å²) >= 11 is 0. The molecule has 16 heavy (non-hydrogen) atoms. The highest BCUT2D eigenvalue weighted by Gasteiger charge is 2.23. The fourth-order valence-electron chi connectivity index (χ4n) is 2.38. The Morgan fingerprint density at radius 2 is 2.12 bits per heavy atom. The second-order valence-corrected chi connectivity index (χ2v) is 3.93. The molecule has 2 aromatic rings. The van der Waals surface area contributed by atoms with Crippen LogP contribution < -0.4 is 0 Å². The summed E-state index contributed by atoms with van der Waals surface area (Å²) in [6, 6.07) is 5.66. The van der Waals surface area contributed by atoms with Crippen molar-refractivity contribution >= 4 is 22.8 Å². The zero-order valence-corrected chi connectivity index (χ0v) is 8.90. The lowest BCUT2D eigenvalue weighted by Gasteiger charge is -2.05. The first-order valence-electron chi connectivity index (χ1n) is 5.32. The van der Waals surface area contributed by atoms with Crippen LogP contribution in [0.4, 0.5) is 0 Å². The van der Waals surface area contributed by atoms with Crippen molar-refractivity contribution in [2.75, 3.05) is 0 Å².